The van der Waals surface area contributed by atoms with Crippen molar-refractivity contribution in [2.75, 3.05) is 0 Å². The van der Waals surface area contributed by atoms with E-state index in [-0.39, 0.29) is 0 Å². The van der Waals surface area contributed by atoms with E-state index >= 15 is 0 Å². The third-order valence-corrected chi connectivity index (χ3v) is 8.47. The van der Waals surface area contributed by atoms with E-state index in [0.717, 1.165) is 17.9 Å². The van der Waals surface area contributed by atoms with Gasteiger partial charge in [-0.25, -0.2) is 0 Å². The molecule has 0 amide bonds. The van der Waals surface area contributed by atoms with E-state index in [2.05, 4.69) is 72.8 Å². The van der Waals surface area contributed by atoms with Crippen molar-refractivity contribution in [3.63, 3.8) is 0 Å². The van der Waals surface area contributed by atoms with E-state index < -0.39 is 0 Å². The van der Waals surface area contributed by atoms with Crippen molar-refractivity contribution < 1.29 is 0 Å². The Morgan fingerprint density at radius 3 is 2.33 bits per heavy atom. The van der Waals surface area contributed by atoms with E-state index in [1.165, 1.54) is 27.8 Å². The molecule has 5 rings (SSSR count). The molecule has 0 fully saturated rings. The summed E-state index contributed by atoms with van der Waals surface area (Å²) in [6.45, 7) is 0. The zero-order chi connectivity index (χ0) is 18.2. The van der Waals surface area contributed by atoms with Crippen LogP contribution in [0.1, 0.15) is 33.5 Å². The molecule has 132 valence electrons. The number of fused-ring (bicyclic) bond motifs is 2. The van der Waals surface area contributed by atoms with Crippen LogP contribution in [0.4, 0.5) is 0 Å². The number of aryl methyl sites for hydroxylation is 1. The molecule has 0 saturated heterocycles. The molecule has 1 aliphatic heterocycles. The fourth-order valence-electron chi connectivity index (χ4n) is 4.01. The average molecular weight is 434 g/mol. The van der Waals surface area contributed by atoms with E-state index in [9.17, 15) is 0 Å². The predicted octanol–water partition coefficient (Wildman–Crippen LogP) is 6.54. The summed E-state index contributed by atoms with van der Waals surface area (Å²) in [7, 11) is 0. The van der Waals surface area contributed by atoms with Crippen LogP contribution in [0.2, 0.25) is 5.02 Å². The van der Waals surface area contributed by atoms with Gasteiger partial charge in [-0.2, -0.15) is 0 Å². The topological polar surface area (TPSA) is 0 Å². The second-order valence-corrected chi connectivity index (χ2v) is 9.85. The number of benzene rings is 3. The van der Waals surface area contributed by atoms with Crippen molar-refractivity contribution in [1.82, 2.24) is 0 Å². The minimum absolute atomic E-state index is 0.373. The first-order valence-electron chi connectivity index (χ1n) is 9.31. The number of halogens is 1. The van der Waals surface area contributed by atoms with E-state index in [4.69, 9.17) is 11.6 Å². The maximum absolute atomic E-state index is 6.13. The van der Waals surface area contributed by atoms with Crippen LogP contribution in [0.25, 0.3) is 10.0 Å². The summed E-state index contributed by atoms with van der Waals surface area (Å²) in [4.78, 5) is 0.440. The van der Waals surface area contributed by atoms with Crippen LogP contribution in [0, 0.1) is 0 Å². The van der Waals surface area contributed by atoms with Gasteiger partial charge in [0.15, 0.2) is 0 Å². The van der Waals surface area contributed by atoms with Crippen molar-refractivity contribution >= 4 is 36.6 Å². The van der Waals surface area contributed by atoms with Crippen molar-refractivity contribution in [2.24, 2.45) is 0 Å². The molecule has 2 heteroatoms. The van der Waals surface area contributed by atoms with Crippen LogP contribution in [-0.2, 0) is 6.42 Å². The van der Waals surface area contributed by atoms with Gasteiger partial charge in [0.25, 0.3) is 0 Å². The van der Waals surface area contributed by atoms with Gasteiger partial charge in [-0.1, -0.05) is 0 Å². The van der Waals surface area contributed by atoms with Crippen LogP contribution in [0.5, 0.6) is 0 Å². The minimum atomic E-state index is 0.373. The van der Waals surface area contributed by atoms with Gasteiger partial charge in [0.05, 0.1) is 0 Å². The first-order chi connectivity index (χ1) is 13.3. The van der Waals surface area contributed by atoms with Crippen molar-refractivity contribution in [3.05, 3.63) is 118 Å². The third kappa shape index (κ3) is 3.21. The molecule has 0 spiro atoms. The molecular weight excluding hydrogens is 415 g/mol. The van der Waals surface area contributed by atoms with Gasteiger partial charge in [-0.15, -0.1) is 0 Å². The third-order valence-electron chi connectivity index (χ3n) is 5.35. The molecule has 0 saturated carbocycles. The Morgan fingerprint density at radius 1 is 0.778 bits per heavy atom. The van der Waals surface area contributed by atoms with Gasteiger partial charge < -0.3 is 0 Å². The number of allylic oxidation sites excluding steroid dienone is 3. The molecule has 0 bridgehead atoms. The van der Waals surface area contributed by atoms with Gasteiger partial charge in [-0.05, 0) is 0 Å². The molecule has 0 aromatic heterocycles. The Balaban J connectivity index is 1.67. The predicted molar refractivity (Wildman–Crippen MR) is 116 cm³/mol. The Kier molecular flexibility index (Phi) is 4.53. The first-order valence-corrected chi connectivity index (χ1v) is 11.5. The molecule has 0 N–H and O–H groups in total. The second kappa shape index (κ2) is 7.17. The summed E-state index contributed by atoms with van der Waals surface area (Å²) in [5.41, 5.74) is 8.65. The summed E-state index contributed by atoms with van der Waals surface area (Å²) >= 11 is 6.51. The molecule has 0 nitrogen and oxygen atoms in total. The summed E-state index contributed by atoms with van der Waals surface area (Å²) in [6, 6.07) is 28.3. The van der Waals surface area contributed by atoms with Crippen LogP contribution in [-0.4, -0.2) is 15.0 Å². The Bertz CT molecular complexity index is 1050. The molecule has 3 aromatic rings. The number of hydrogen-bond acceptors (Lipinski definition) is 0. The fourth-order valence-corrected chi connectivity index (χ4v) is 7.13. The van der Waals surface area contributed by atoms with Gasteiger partial charge in [-0.3, -0.25) is 0 Å². The Hall–Kier alpha value is -2.05. The number of hydrogen-bond donors (Lipinski definition) is 0. The second-order valence-electron chi connectivity index (χ2n) is 7.00. The van der Waals surface area contributed by atoms with Crippen molar-refractivity contribution in [2.45, 2.75) is 17.7 Å². The first kappa shape index (κ1) is 17.1. The van der Waals surface area contributed by atoms with Gasteiger partial charge >= 0.3 is 172 Å². The number of rotatable bonds is 2. The van der Waals surface area contributed by atoms with E-state index in [1.54, 1.807) is 10.0 Å². The summed E-state index contributed by atoms with van der Waals surface area (Å²) in [6.07, 6.45) is 4.79. The molecular formula is C25H19ClSe. The molecule has 27 heavy (non-hydrogen) atoms. The maximum atomic E-state index is 6.13. The van der Waals surface area contributed by atoms with Crippen LogP contribution >= 0.6 is 11.6 Å². The zero-order valence-corrected chi connectivity index (χ0v) is 17.3. The molecule has 0 radical (unpaired) electrons. The quantitative estimate of drug-likeness (QED) is 0.402. The molecule has 1 atom stereocenters. The van der Waals surface area contributed by atoms with Crippen LogP contribution in [0.3, 0.4) is 0 Å². The van der Waals surface area contributed by atoms with Gasteiger partial charge in [0.2, 0.25) is 0 Å². The van der Waals surface area contributed by atoms with Crippen LogP contribution < -0.4 is 0 Å². The Labute approximate surface area is 171 Å². The molecule has 2 aliphatic rings. The zero-order valence-electron chi connectivity index (χ0n) is 14.9. The summed E-state index contributed by atoms with van der Waals surface area (Å²) in [5, 5.41) is 0.803. The molecule has 1 aliphatic carbocycles. The molecule has 3 aromatic carbocycles. The van der Waals surface area contributed by atoms with Crippen molar-refractivity contribution in [3.8, 4) is 0 Å². The normalized spacial score (nSPS) is 18.6. The Morgan fingerprint density at radius 2 is 1.52 bits per heavy atom. The molecule has 1 heterocycles. The van der Waals surface area contributed by atoms with Crippen LogP contribution in [0.15, 0.2) is 90.5 Å². The van der Waals surface area contributed by atoms with E-state index in [0.29, 0.717) is 19.8 Å². The summed E-state index contributed by atoms with van der Waals surface area (Å²) < 4.78 is 1.59. The molecule has 1 unspecified atom stereocenters. The van der Waals surface area contributed by atoms with Crippen molar-refractivity contribution in [1.29, 1.82) is 0 Å². The van der Waals surface area contributed by atoms with E-state index in [1.807, 2.05) is 12.1 Å². The average Bonchev–Trinajstić information content (AvgIpc) is 2.74. The van der Waals surface area contributed by atoms with Gasteiger partial charge in [0.1, 0.15) is 0 Å². The fraction of sp³-hybridized carbons (Fsp3) is 0.120. The summed E-state index contributed by atoms with van der Waals surface area (Å²) in [5.74, 6) is 0. The SMILES string of the molecule is Clc1ccc(C2C=C(c3ccccc3)C3=C([Se]2)c2ccccc2CC3)cc1. The standard InChI is InChI=1S/C25H19ClSe/c26-20-13-10-19(11-14-20)24-16-23(17-6-2-1-3-7-17)22-15-12-18-8-4-5-9-21(18)25(22)27-24/h1-11,13-14,16,24H,12,15H2. The monoisotopic (exact) mass is 434 g/mol. The van der Waals surface area contributed by atoms with Gasteiger partial charge in [0, 0.05) is 0 Å².